The fraction of sp³-hybridized carbons (Fsp3) is 0.250. The van der Waals surface area contributed by atoms with Crippen molar-refractivity contribution < 1.29 is 29.2 Å². The lowest BCUT2D eigenvalue weighted by Crippen LogP contribution is -2.18. The number of hydrogen-bond acceptors (Lipinski definition) is 4. The van der Waals surface area contributed by atoms with Gasteiger partial charge in [-0.15, -0.1) is 6.58 Å². The Morgan fingerprint density at radius 1 is 1.43 bits per heavy atom. The third-order valence-electron chi connectivity index (χ3n) is 0.236. The van der Waals surface area contributed by atoms with E-state index in [1.54, 1.807) is 6.08 Å². The van der Waals surface area contributed by atoms with Gasteiger partial charge in [0.2, 0.25) is 0 Å². The number of carbonyl (C=O) groups excluding carboxylic acids is 1. The number of amides is 2. The minimum Gasteiger partial charge on any atom is -0.352 e. The Morgan fingerprint density at radius 3 is 1.64 bits per heavy atom. The van der Waals surface area contributed by atoms with E-state index in [0.29, 0.717) is 6.54 Å². The SMILES string of the molecule is C=CCNO.NC(N)=O.O=P(O)(O)O. The van der Waals surface area contributed by atoms with Gasteiger partial charge in [0.25, 0.3) is 0 Å². The van der Waals surface area contributed by atoms with Crippen molar-refractivity contribution in [3.8, 4) is 0 Å². The lowest BCUT2D eigenvalue weighted by atomic mass is 10.7. The summed E-state index contributed by atoms with van der Waals surface area (Å²) in [5, 5.41) is 7.74. The predicted molar refractivity (Wildman–Crippen MR) is 48.0 cm³/mol. The van der Waals surface area contributed by atoms with Gasteiger partial charge in [-0.1, -0.05) is 6.08 Å². The van der Waals surface area contributed by atoms with Crippen LogP contribution in [0.15, 0.2) is 12.7 Å². The maximum absolute atomic E-state index is 9.00. The molecule has 0 aliphatic rings. The lowest BCUT2D eigenvalue weighted by Gasteiger charge is -1.82. The third-order valence-corrected chi connectivity index (χ3v) is 0.236. The van der Waals surface area contributed by atoms with E-state index < -0.39 is 13.9 Å². The summed E-state index contributed by atoms with van der Waals surface area (Å²) < 4.78 is 8.88. The molecule has 0 spiro atoms. The standard InChI is InChI=1S/C3H7NO.CH4N2O.H3O4P/c1-2-3-4-5;2-1(3)4;1-5(2,3)4/h2,4-5H,1,3H2;(H4,2,3,4);(H3,1,2,3,4). The average molecular weight is 231 g/mol. The fourth-order valence-electron chi connectivity index (χ4n) is 0.0645. The van der Waals surface area contributed by atoms with Gasteiger partial charge in [0.15, 0.2) is 0 Å². The fourth-order valence-corrected chi connectivity index (χ4v) is 0.0645. The molecule has 0 aromatic rings. The Bertz CT molecular complexity index is 179. The van der Waals surface area contributed by atoms with Crippen LogP contribution in [-0.4, -0.2) is 32.5 Å². The molecule has 0 radical (unpaired) electrons. The van der Waals surface area contributed by atoms with E-state index in [-0.39, 0.29) is 0 Å². The van der Waals surface area contributed by atoms with Crippen molar-refractivity contribution in [3.63, 3.8) is 0 Å². The van der Waals surface area contributed by atoms with E-state index in [9.17, 15) is 0 Å². The Morgan fingerprint density at radius 2 is 1.64 bits per heavy atom. The minimum absolute atomic E-state index is 0.458. The van der Waals surface area contributed by atoms with Gasteiger partial charge in [0.05, 0.1) is 0 Å². The second-order valence-electron chi connectivity index (χ2n) is 1.57. The van der Waals surface area contributed by atoms with Gasteiger partial charge < -0.3 is 31.4 Å². The molecule has 86 valence electrons. The topological polar surface area (TPSA) is 179 Å². The minimum atomic E-state index is -4.64. The van der Waals surface area contributed by atoms with Crippen LogP contribution in [0.4, 0.5) is 4.79 Å². The van der Waals surface area contributed by atoms with Crippen molar-refractivity contribution in [3.05, 3.63) is 12.7 Å². The van der Waals surface area contributed by atoms with E-state index in [2.05, 4.69) is 18.0 Å². The molecule has 0 aromatic carbocycles. The zero-order chi connectivity index (χ0) is 12.2. The Labute approximate surface area is 80.2 Å². The van der Waals surface area contributed by atoms with Gasteiger partial charge in [-0.2, -0.15) is 0 Å². The van der Waals surface area contributed by atoms with Crippen LogP contribution in [-0.2, 0) is 4.57 Å². The summed E-state index contributed by atoms with van der Waals surface area (Å²) in [6.45, 7) is 3.79. The molecule has 0 atom stereocenters. The van der Waals surface area contributed by atoms with Crippen LogP contribution in [0.5, 0.6) is 0 Å². The van der Waals surface area contributed by atoms with E-state index in [0.717, 1.165) is 0 Å². The molecule has 0 saturated heterocycles. The van der Waals surface area contributed by atoms with Gasteiger partial charge >= 0.3 is 13.9 Å². The first-order valence-electron chi connectivity index (χ1n) is 2.96. The van der Waals surface area contributed by atoms with Gasteiger partial charge in [-0.05, 0) is 0 Å². The number of hydrogen-bond donors (Lipinski definition) is 7. The Balaban J connectivity index is -0.000000131. The van der Waals surface area contributed by atoms with Gasteiger partial charge in [-0.25, -0.2) is 14.8 Å². The predicted octanol–water partition coefficient (Wildman–Crippen LogP) is -1.75. The van der Waals surface area contributed by atoms with Gasteiger partial charge in [0, 0.05) is 6.54 Å². The molecule has 10 heteroatoms. The first-order valence-corrected chi connectivity index (χ1v) is 4.52. The molecule has 0 fully saturated rings. The largest absolute Gasteiger partial charge is 0.466 e. The molecule has 14 heavy (non-hydrogen) atoms. The van der Waals surface area contributed by atoms with Crippen LogP contribution in [0.2, 0.25) is 0 Å². The molecule has 0 rings (SSSR count). The monoisotopic (exact) mass is 231 g/mol. The number of urea groups is 1. The highest BCUT2D eigenvalue weighted by Crippen LogP contribution is 2.25. The molecule has 2 amide bonds. The highest BCUT2D eigenvalue weighted by Gasteiger charge is 2.00. The maximum atomic E-state index is 9.00. The molecule has 9 nitrogen and oxygen atoms in total. The molecule has 0 heterocycles. The molecule has 9 N–H and O–H groups in total. The highest BCUT2D eigenvalue weighted by molar-refractivity contribution is 7.45. The number of hydroxylamine groups is 1. The van der Waals surface area contributed by atoms with Crippen LogP contribution in [0.3, 0.4) is 0 Å². The lowest BCUT2D eigenvalue weighted by molar-refractivity contribution is 0.180. The summed E-state index contributed by atoms with van der Waals surface area (Å²) >= 11 is 0. The van der Waals surface area contributed by atoms with Crippen molar-refractivity contribution in [1.82, 2.24) is 5.48 Å². The summed E-state index contributed by atoms with van der Waals surface area (Å²) in [7, 11) is -4.64. The van der Waals surface area contributed by atoms with Crippen LogP contribution in [0.25, 0.3) is 0 Å². The molecule has 0 bridgehead atoms. The van der Waals surface area contributed by atoms with E-state index >= 15 is 0 Å². The smallest absolute Gasteiger partial charge is 0.352 e. The normalized spacial score (nSPS) is 8.57. The number of rotatable bonds is 2. The second-order valence-corrected chi connectivity index (χ2v) is 2.59. The number of nitrogens with one attached hydrogen (secondary N) is 1. The number of nitrogens with two attached hydrogens (primary N) is 2. The number of primary amides is 2. The van der Waals surface area contributed by atoms with Crippen LogP contribution >= 0.6 is 7.82 Å². The zero-order valence-corrected chi connectivity index (χ0v) is 8.09. The number of carbonyl (C=O) groups is 1. The molecule has 0 saturated carbocycles. The van der Waals surface area contributed by atoms with Crippen molar-refractivity contribution in [2.75, 3.05) is 6.54 Å². The van der Waals surface area contributed by atoms with Crippen LogP contribution < -0.4 is 16.9 Å². The van der Waals surface area contributed by atoms with Crippen LogP contribution in [0.1, 0.15) is 0 Å². The summed E-state index contributed by atoms with van der Waals surface area (Å²) in [6, 6.07) is -0.833. The summed E-state index contributed by atoms with van der Waals surface area (Å²) in [5.41, 5.74) is 10.4. The average Bonchev–Trinajstić information content (AvgIpc) is 1.83. The quantitative estimate of drug-likeness (QED) is 0.167. The Kier molecular flexibility index (Phi) is 16.1. The summed E-state index contributed by atoms with van der Waals surface area (Å²) in [4.78, 5) is 30.6. The van der Waals surface area contributed by atoms with Crippen molar-refractivity contribution in [2.45, 2.75) is 0 Å². The highest BCUT2D eigenvalue weighted by atomic mass is 31.2. The summed E-state index contributed by atoms with van der Waals surface area (Å²) in [5.74, 6) is 0. The van der Waals surface area contributed by atoms with Gasteiger partial charge in [0.1, 0.15) is 0 Å². The maximum Gasteiger partial charge on any atom is 0.466 e. The van der Waals surface area contributed by atoms with Gasteiger partial charge in [-0.3, -0.25) is 0 Å². The molecule has 0 unspecified atom stereocenters. The first-order chi connectivity index (χ1) is 6.15. The van der Waals surface area contributed by atoms with E-state index in [1.165, 1.54) is 0 Å². The third kappa shape index (κ3) is 1030. The van der Waals surface area contributed by atoms with E-state index in [1.807, 2.05) is 5.48 Å². The number of phosphoric acid groups is 1. The molecular weight excluding hydrogens is 217 g/mol. The zero-order valence-electron chi connectivity index (χ0n) is 7.20. The van der Waals surface area contributed by atoms with Crippen LogP contribution in [0, 0.1) is 0 Å². The molecule has 0 aliphatic heterocycles. The molecule has 0 aromatic heterocycles. The molecular formula is C4H14N3O6P. The Hall–Kier alpha value is -0.960. The van der Waals surface area contributed by atoms with E-state index in [4.69, 9.17) is 29.2 Å². The van der Waals surface area contributed by atoms with Crippen molar-refractivity contribution in [1.29, 1.82) is 0 Å². The molecule has 0 aliphatic carbocycles. The summed E-state index contributed by atoms with van der Waals surface area (Å²) in [6.07, 6.45) is 1.57. The first kappa shape index (κ1) is 18.8. The van der Waals surface area contributed by atoms with Crippen molar-refractivity contribution >= 4 is 13.9 Å². The second kappa shape index (κ2) is 12.0. The van der Waals surface area contributed by atoms with Crippen molar-refractivity contribution in [2.24, 2.45) is 11.5 Å².